The molecule has 1 aliphatic rings. The van der Waals surface area contributed by atoms with Gasteiger partial charge in [-0.25, -0.2) is 4.57 Å². The van der Waals surface area contributed by atoms with Crippen LogP contribution in [0.4, 0.5) is 0 Å². The summed E-state index contributed by atoms with van der Waals surface area (Å²) in [5.41, 5.74) is 0. The predicted molar refractivity (Wildman–Crippen MR) is 281 cm³/mol. The second kappa shape index (κ2) is 45.6. The first kappa shape index (κ1) is 64.8. The fourth-order valence-corrected chi connectivity index (χ4v) is 9.04. The molecular formula is C56H99O12P. The summed E-state index contributed by atoms with van der Waals surface area (Å²) < 4.78 is 34.3. The molecule has 1 rings (SSSR count). The van der Waals surface area contributed by atoms with Gasteiger partial charge in [-0.1, -0.05) is 215 Å². The maximum atomic E-state index is 12.9. The number of hydrogen-bond donors (Lipinski definition) is 6. The maximum absolute atomic E-state index is 12.9. The quantitative estimate of drug-likeness (QED) is 0.0147. The van der Waals surface area contributed by atoms with E-state index >= 15 is 0 Å². The molecular weight excluding hydrogens is 896 g/mol. The monoisotopic (exact) mass is 995 g/mol. The van der Waals surface area contributed by atoms with Crippen molar-refractivity contribution in [2.75, 3.05) is 19.8 Å². The van der Waals surface area contributed by atoms with Gasteiger partial charge >= 0.3 is 13.8 Å². The van der Waals surface area contributed by atoms with Gasteiger partial charge in [-0.15, -0.1) is 0 Å². The summed E-state index contributed by atoms with van der Waals surface area (Å²) in [4.78, 5) is 23.3. The van der Waals surface area contributed by atoms with E-state index < -0.39 is 63.1 Å². The molecule has 69 heavy (non-hydrogen) atoms. The summed E-state index contributed by atoms with van der Waals surface area (Å²) in [6.45, 7) is 4.13. The van der Waals surface area contributed by atoms with Gasteiger partial charge in [-0.3, -0.25) is 13.8 Å². The average Bonchev–Trinajstić information content (AvgIpc) is 3.34. The Hall–Kier alpha value is -2.22. The van der Waals surface area contributed by atoms with E-state index in [1.165, 1.54) is 116 Å². The second-order valence-electron chi connectivity index (χ2n) is 18.7. The third kappa shape index (κ3) is 37.2. The summed E-state index contributed by atoms with van der Waals surface area (Å²) >= 11 is 0. The molecule has 0 aliphatic heterocycles. The Morgan fingerprint density at radius 3 is 1.28 bits per heavy atom. The predicted octanol–water partition coefficient (Wildman–Crippen LogP) is 12.7. The summed E-state index contributed by atoms with van der Waals surface area (Å²) in [5.74, 6) is -0.518. The zero-order valence-electron chi connectivity index (χ0n) is 43.1. The molecule has 6 unspecified atom stereocenters. The van der Waals surface area contributed by atoms with E-state index in [4.69, 9.17) is 18.5 Å². The topological polar surface area (TPSA) is 192 Å². The van der Waals surface area contributed by atoms with E-state index in [0.29, 0.717) is 13.0 Å². The minimum absolute atomic E-state index is 0.0955. The van der Waals surface area contributed by atoms with Crippen molar-refractivity contribution in [3.63, 3.8) is 0 Å². The number of allylic oxidation sites excluding steroid dienone is 12. The molecule has 1 saturated carbocycles. The van der Waals surface area contributed by atoms with Crippen molar-refractivity contribution in [2.45, 2.75) is 256 Å². The average molecular weight is 995 g/mol. The van der Waals surface area contributed by atoms with Crippen LogP contribution in [0.2, 0.25) is 0 Å². The zero-order chi connectivity index (χ0) is 50.5. The number of hydrogen-bond acceptors (Lipinski definition) is 11. The van der Waals surface area contributed by atoms with Crippen molar-refractivity contribution in [1.29, 1.82) is 0 Å². The van der Waals surface area contributed by atoms with Gasteiger partial charge in [0, 0.05) is 13.0 Å². The molecule has 0 aromatic carbocycles. The highest BCUT2D eigenvalue weighted by Gasteiger charge is 2.51. The van der Waals surface area contributed by atoms with E-state index in [2.05, 4.69) is 86.8 Å². The van der Waals surface area contributed by atoms with Crippen LogP contribution in [0.3, 0.4) is 0 Å². The summed E-state index contributed by atoms with van der Waals surface area (Å²) in [7, 11) is -5.04. The molecule has 1 aliphatic carbocycles. The van der Waals surface area contributed by atoms with Gasteiger partial charge in [-0.05, 0) is 64.2 Å². The Morgan fingerprint density at radius 1 is 0.478 bits per heavy atom. The molecule has 0 saturated heterocycles. The highest BCUT2D eigenvalue weighted by molar-refractivity contribution is 7.47. The minimum Gasteiger partial charge on any atom is -0.457 e. The minimum atomic E-state index is -5.04. The molecule has 6 atom stereocenters. The van der Waals surface area contributed by atoms with Gasteiger partial charge in [0.25, 0.3) is 0 Å². The van der Waals surface area contributed by atoms with Gasteiger partial charge in [0.05, 0.1) is 13.2 Å². The molecule has 0 radical (unpaired) electrons. The highest BCUT2D eigenvalue weighted by Crippen LogP contribution is 2.47. The van der Waals surface area contributed by atoms with Crippen molar-refractivity contribution in [1.82, 2.24) is 0 Å². The number of aliphatic hydroxyl groups excluding tert-OH is 5. The molecule has 400 valence electrons. The van der Waals surface area contributed by atoms with Crippen molar-refractivity contribution in [2.24, 2.45) is 0 Å². The number of phosphoric ester groups is 1. The van der Waals surface area contributed by atoms with Crippen molar-refractivity contribution in [3.05, 3.63) is 72.9 Å². The highest BCUT2D eigenvalue weighted by atomic mass is 31.2. The number of aliphatic hydroxyl groups is 5. The number of carbonyl (C=O) groups excluding carboxylic acids is 1. The first-order valence-corrected chi connectivity index (χ1v) is 28.8. The van der Waals surface area contributed by atoms with Crippen LogP contribution in [0.15, 0.2) is 72.9 Å². The van der Waals surface area contributed by atoms with Crippen LogP contribution in [0.1, 0.15) is 213 Å². The van der Waals surface area contributed by atoms with Crippen LogP contribution in [-0.4, -0.2) is 98.9 Å². The molecule has 0 spiro atoms. The van der Waals surface area contributed by atoms with Crippen molar-refractivity contribution < 1.29 is 58.3 Å². The number of ether oxygens (including phenoxy) is 2. The van der Waals surface area contributed by atoms with Crippen molar-refractivity contribution >= 4 is 13.8 Å². The smallest absolute Gasteiger partial charge is 0.457 e. The first-order chi connectivity index (χ1) is 33.5. The fourth-order valence-electron chi connectivity index (χ4n) is 8.07. The van der Waals surface area contributed by atoms with Crippen molar-refractivity contribution in [3.8, 4) is 0 Å². The number of carbonyl (C=O) groups is 1. The number of unbranched alkanes of at least 4 members (excludes halogenated alkanes) is 22. The van der Waals surface area contributed by atoms with Gasteiger partial charge in [-0.2, -0.15) is 0 Å². The lowest BCUT2D eigenvalue weighted by atomic mass is 9.85. The lowest BCUT2D eigenvalue weighted by molar-refractivity contribution is -0.220. The molecule has 0 amide bonds. The Kier molecular flexibility index (Phi) is 42.8. The third-order valence-electron chi connectivity index (χ3n) is 12.3. The Morgan fingerprint density at radius 2 is 0.855 bits per heavy atom. The van der Waals surface area contributed by atoms with E-state index in [1.54, 1.807) is 0 Å². The number of phosphoric acid groups is 1. The Bertz CT molecular complexity index is 1410. The lowest BCUT2D eigenvalue weighted by Crippen LogP contribution is -2.64. The lowest BCUT2D eigenvalue weighted by Gasteiger charge is -2.41. The van der Waals surface area contributed by atoms with Gasteiger partial charge in [0.2, 0.25) is 0 Å². The Balaban J connectivity index is 2.35. The molecule has 6 N–H and O–H groups in total. The Labute approximate surface area is 419 Å². The van der Waals surface area contributed by atoms with Gasteiger partial charge in [0.15, 0.2) is 0 Å². The molecule has 0 heterocycles. The van der Waals surface area contributed by atoms with Crippen LogP contribution >= 0.6 is 7.82 Å². The first-order valence-electron chi connectivity index (χ1n) is 27.3. The SMILES string of the molecule is CC/C=C\C/C=C\C/C=C\C/C=C\C/C=C\C/C=C\CCCCC(=O)OC(COCCCCCCCCCCCCCCCCCCCCCCC)COP(=O)(O)OC1C(O)C(O)C(O)C(O)C1O. The van der Waals surface area contributed by atoms with Crippen LogP contribution in [0.5, 0.6) is 0 Å². The molecule has 13 heteroatoms. The molecule has 0 aromatic rings. The van der Waals surface area contributed by atoms with Crippen LogP contribution in [0.25, 0.3) is 0 Å². The van der Waals surface area contributed by atoms with Crippen LogP contribution in [0, 0.1) is 0 Å². The normalized spacial score (nSPS) is 21.6. The summed E-state index contributed by atoms with van der Waals surface area (Å²) in [6.07, 6.45) is 48.3. The number of rotatable bonds is 46. The van der Waals surface area contributed by atoms with E-state index in [-0.39, 0.29) is 13.0 Å². The van der Waals surface area contributed by atoms with Gasteiger partial charge < -0.3 is 39.9 Å². The van der Waals surface area contributed by atoms with Crippen LogP contribution < -0.4 is 0 Å². The molecule has 0 bridgehead atoms. The van der Waals surface area contributed by atoms with Crippen LogP contribution in [-0.2, 0) is 27.9 Å². The van der Waals surface area contributed by atoms with Gasteiger partial charge in [0.1, 0.15) is 42.7 Å². The molecule has 0 aromatic heterocycles. The summed E-state index contributed by atoms with van der Waals surface area (Å²) in [5, 5.41) is 50.4. The third-order valence-corrected chi connectivity index (χ3v) is 13.3. The number of esters is 1. The standard InChI is InChI=1S/C56H99O12P/c1-3-5-7-9-11-13-15-17-19-21-23-25-27-29-31-33-35-37-39-41-43-45-50(57)67-49(48-66-69(63,64)68-56-54(61)52(59)51(58)53(60)55(56)62)47-65-46-44-42-40-38-36-34-32-30-28-26-24-22-20-18-16-14-12-10-8-6-4-2/h5,7,11,13,17,19,23,25,29,31,35,37,49,51-56,58-62H,3-4,6,8-10,12,14-16,18,20-22,24,26-28,30,32-34,36,38-48H2,1-2H3,(H,63,64)/b7-5-,13-11-,19-17-,25-23-,31-29-,37-35-. The van der Waals surface area contributed by atoms with E-state index in [9.17, 15) is 39.8 Å². The van der Waals surface area contributed by atoms with E-state index in [1.807, 2.05) is 0 Å². The largest absolute Gasteiger partial charge is 0.472 e. The fraction of sp³-hybridized carbons (Fsp3) is 0.768. The maximum Gasteiger partial charge on any atom is 0.472 e. The van der Waals surface area contributed by atoms with E-state index in [0.717, 1.165) is 70.6 Å². The second-order valence-corrected chi connectivity index (χ2v) is 20.1. The molecule has 1 fully saturated rings. The zero-order valence-corrected chi connectivity index (χ0v) is 44.0. The summed E-state index contributed by atoms with van der Waals surface area (Å²) in [6, 6.07) is 0. The molecule has 12 nitrogen and oxygen atoms in total.